The van der Waals surface area contributed by atoms with Crippen LogP contribution in [0.4, 0.5) is 0 Å². The summed E-state index contributed by atoms with van der Waals surface area (Å²) in [6.45, 7) is 4.29. The lowest BCUT2D eigenvalue weighted by Crippen LogP contribution is -2.20. The Balaban J connectivity index is 1.94. The second kappa shape index (κ2) is 6.31. The van der Waals surface area contributed by atoms with Gasteiger partial charge in [0.15, 0.2) is 0 Å². The quantitative estimate of drug-likeness (QED) is 0.535. The predicted octanol–water partition coefficient (Wildman–Crippen LogP) is 6.54. The number of hydrogen-bond acceptors (Lipinski definition) is 1. The Kier molecular flexibility index (Phi) is 4.58. The van der Waals surface area contributed by atoms with E-state index in [0.29, 0.717) is 0 Å². The standard InChI is InChI=1S/C19H18Br2O/c1-19(2)14(11-13-7-3-5-9-16(13)20)12-18(22-19)15-8-4-6-10-17(15)21/h3-11,18H,12H2,1-2H3/b14-11-. The predicted molar refractivity (Wildman–Crippen MR) is 98.8 cm³/mol. The number of halogens is 2. The summed E-state index contributed by atoms with van der Waals surface area (Å²) in [7, 11) is 0. The first-order chi connectivity index (χ1) is 10.5. The minimum atomic E-state index is -0.255. The van der Waals surface area contributed by atoms with Crippen LogP contribution in [-0.2, 0) is 4.74 Å². The van der Waals surface area contributed by atoms with Gasteiger partial charge in [-0.15, -0.1) is 0 Å². The summed E-state index contributed by atoms with van der Waals surface area (Å²) >= 11 is 7.26. The van der Waals surface area contributed by atoms with Crippen molar-refractivity contribution in [3.8, 4) is 0 Å². The van der Waals surface area contributed by atoms with E-state index in [1.54, 1.807) is 0 Å². The Labute approximate surface area is 148 Å². The first-order valence-corrected chi connectivity index (χ1v) is 8.94. The summed E-state index contributed by atoms with van der Waals surface area (Å²) in [4.78, 5) is 0. The lowest BCUT2D eigenvalue weighted by atomic mass is 9.93. The van der Waals surface area contributed by atoms with E-state index in [0.717, 1.165) is 15.4 Å². The first-order valence-electron chi connectivity index (χ1n) is 7.35. The van der Waals surface area contributed by atoms with Gasteiger partial charge >= 0.3 is 0 Å². The summed E-state index contributed by atoms with van der Waals surface area (Å²) in [5.41, 5.74) is 3.48. The van der Waals surface area contributed by atoms with E-state index >= 15 is 0 Å². The third-order valence-corrected chi connectivity index (χ3v) is 5.55. The van der Waals surface area contributed by atoms with E-state index in [2.05, 4.69) is 88.2 Å². The number of hydrogen-bond donors (Lipinski definition) is 0. The van der Waals surface area contributed by atoms with E-state index < -0.39 is 0 Å². The fourth-order valence-corrected chi connectivity index (χ4v) is 3.78. The van der Waals surface area contributed by atoms with E-state index in [-0.39, 0.29) is 11.7 Å². The zero-order chi connectivity index (χ0) is 15.7. The molecule has 0 aromatic heterocycles. The minimum absolute atomic E-state index is 0.0966. The number of ether oxygens (including phenoxy) is 1. The van der Waals surface area contributed by atoms with Gasteiger partial charge in [0.1, 0.15) is 0 Å². The molecule has 1 aliphatic rings. The topological polar surface area (TPSA) is 9.23 Å². The highest BCUT2D eigenvalue weighted by molar-refractivity contribution is 9.10. The SMILES string of the molecule is CC1(C)OC(c2ccccc2Br)C/C1=C/c1ccccc1Br. The molecule has 0 spiro atoms. The maximum atomic E-state index is 6.33. The highest BCUT2D eigenvalue weighted by Gasteiger charge is 2.37. The molecule has 114 valence electrons. The van der Waals surface area contributed by atoms with Gasteiger partial charge in [0.25, 0.3) is 0 Å². The summed E-state index contributed by atoms with van der Waals surface area (Å²) in [6.07, 6.45) is 3.26. The van der Waals surface area contributed by atoms with Crippen LogP contribution in [0.15, 0.2) is 63.0 Å². The number of rotatable bonds is 2. The van der Waals surface area contributed by atoms with Crippen LogP contribution in [0, 0.1) is 0 Å². The van der Waals surface area contributed by atoms with Gasteiger partial charge in [0.2, 0.25) is 0 Å². The monoisotopic (exact) mass is 420 g/mol. The van der Waals surface area contributed by atoms with Crippen LogP contribution in [0.5, 0.6) is 0 Å². The average molecular weight is 422 g/mol. The molecule has 0 N–H and O–H groups in total. The molecule has 1 heterocycles. The molecule has 3 rings (SSSR count). The van der Waals surface area contributed by atoms with Crippen molar-refractivity contribution in [2.24, 2.45) is 0 Å². The normalized spacial score (nSPS) is 22.2. The van der Waals surface area contributed by atoms with Crippen LogP contribution in [0.25, 0.3) is 6.08 Å². The Morgan fingerprint density at radius 1 is 1.00 bits per heavy atom. The largest absolute Gasteiger partial charge is 0.363 e. The molecule has 1 atom stereocenters. The van der Waals surface area contributed by atoms with Gasteiger partial charge in [-0.25, -0.2) is 0 Å². The third kappa shape index (κ3) is 3.22. The first kappa shape index (κ1) is 16.0. The molecule has 2 aromatic rings. The van der Waals surface area contributed by atoms with Crippen molar-refractivity contribution in [2.45, 2.75) is 32.0 Å². The van der Waals surface area contributed by atoms with E-state index in [1.165, 1.54) is 16.7 Å². The molecule has 0 bridgehead atoms. The zero-order valence-corrected chi connectivity index (χ0v) is 15.8. The Morgan fingerprint density at radius 3 is 2.32 bits per heavy atom. The van der Waals surface area contributed by atoms with Crippen molar-refractivity contribution < 1.29 is 4.74 Å². The van der Waals surface area contributed by atoms with Gasteiger partial charge in [-0.3, -0.25) is 0 Å². The third-order valence-electron chi connectivity index (χ3n) is 4.10. The molecule has 1 aliphatic heterocycles. The molecule has 1 fully saturated rings. The molecule has 1 unspecified atom stereocenters. The molecular weight excluding hydrogens is 404 g/mol. The van der Waals surface area contributed by atoms with Gasteiger partial charge < -0.3 is 4.74 Å². The van der Waals surface area contributed by atoms with Crippen LogP contribution >= 0.6 is 31.9 Å². The Morgan fingerprint density at radius 2 is 1.64 bits per heavy atom. The van der Waals surface area contributed by atoms with Crippen molar-refractivity contribution in [1.82, 2.24) is 0 Å². The van der Waals surface area contributed by atoms with Gasteiger partial charge in [0.05, 0.1) is 11.7 Å². The van der Waals surface area contributed by atoms with Crippen molar-refractivity contribution in [3.05, 3.63) is 74.2 Å². The van der Waals surface area contributed by atoms with Crippen LogP contribution in [0.1, 0.15) is 37.5 Å². The maximum absolute atomic E-state index is 6.33. The summed E-state index contributed by atoms with van der Waals surface area (Å²) in [5, 5.41) is 0. The molecule has 0 amide bonds. The van der Waals surface area contributed by atoms with Crippen molar-refractivity contribution in [2.75, 3.05) is 0 Å². The molecular formula is C19H18Br2O. The molecule has 1 saturated heterocycles. The maximum Gasteiger partial charge on any atom is 0.0885 e. The Hall–Kier alpha value is -0.900. The van der Waals surface area contributed by atoms with E-state index in [9.17, 15) is 0 Å². The van der Waals surface area contributed by atoms with E-state index in [1.807, 2.05) is 12.1 Å². The highest BCUT2D eigenvalue weighted by atomic mass is 79.9. The lowest BCUT2D eigenvalue weighted by Gasteiger charge is -2.21. The summed E-state index contributed by atoms with van der Waals surface area (Å²) < 4.78 is 8.55. The number of benzene rings is 2. The second-order valence-electron chi connectivity index (χ2n) is 6.03. The van der Waals surface area contributed by atoms with Gasteiger partial charge in [-0.1, -0.05) is 74.3 Å². The molecule has 22 heavy (non-hydrogen) atoms. The second-order valence-corrected chi connectivity index (χ2v) is 7.74. The minimum Gasteiger partial charge on any atom is -0.363 e. The fourth-order valence-electron chi connectivity index (χ4n) is 2.84. The lowest BCUT2D eigenvalue weighted by molar-refractivity contribution is -0.00441. The summed E-state index contributed by atoms with van der Waals surface area (Å²) in [5.74, 6) is 0. The van der Waals surface area contributed by atoms with Gasteiger partial charge in [-0.05, 0) is 42.7 Å². The Bertz CT molecular complexity index is 719. The van der Waals surface area contributed by atoms with Crippen LogP contribution < -0.4 is 0 Å². The molecule has 2 aromatic carbocycles. The smallest absolute Gasteiger partial charge is 0.0885 e. The summed E-state index contributed by atoms with van der Waals surface area (Å²) in [6, 6.07) is 16.6. The molecule has 0 aliphatic carbocycles. The molecule has 0 saturated carbocycles. The van der Waals surface area contributed by atoms with Crippen LogP contribution in [-0.4, -0.2) is 5.60 Å². The highest BCUT2D eigenvalue weighted by Crippen LogP contribution is 2.45. The van der Waals surface area contributed by atoms with Crippen molar-refractivity contribution >= 4 is 37.9 Å². The van der Waals surface area contributed by atoms with Crippen molar-refractivity contribution in [3.63, 3.8) is 0 Å². The van der Waals surface area contributed by atoms with E-state index in [4.69, 9.17) is 4.74 Å². The van der Waals surface area contributed by atoms with Crippen molar-refractivity contribution in [1.29, 1.82) is 0 Å². The van der Waals surface area contributed by atoms with Gasteiger partial charge in [0, 0.05) is 15.4 Å². The molecule has 0 radical (unpaired) electrons. The van der Waals surface area contributed by atoms with Gasteiger partial charge in [-0.2, -0.15) is 0 Å². The molecule has 3 heteroatoms. The average Bonchev–Trinajstić information content (AvgIpc) is 2.77. The zero-order valence-electron chi connectivity index (χ0n) is 12.6. The van der Waals surface area contributed by atoms with Crippen LogP contribution in [0.2, 0.25) is 0 Å². The fraction of sp³-hybridized carbons (Fsp3) is 0.263. The van der Waals surface area contributed by atoms with Crippen LogP contribution in [0.3, 0.4) is 0 Å². The molecule has 1 nitrogen and oxygen atoms in total.